The van der Waals surface area contributed by atoms with Crippen molar-refractivity contribution in [3.63, 3.8) is 0 Å². The molecule has 0 aliphatic heterocycles. The van der Waals surface area contributed by atoms with E-state index >= 15 is 0 Å². The average molecular weight is 165 g/mol. The lowest BCUT2D eigenvalue weighted by Crippen LogP contribution is -2.09. The third kappa shape index (κ3) is 2.46. The highest BCUT2D eigenvalue weighted by Crippen LogP contribution is 2.09. The minimum atomic E-state index is 0.877. The monoisotopic (exact) mass is 165 g/mol. The molecule has 2 heteroatoms. The summed E-state index contributed by atoms with van der Waals surface area (Å²) in [5, 5.41) is 3.24. The fraction of sp³-hybridized carbons (Fsp3) is 0.400. The molecular formula is C10H15NO. The number of allylic oxidation sites excluding steroid dienone is 4. The van der Waals surface area contributed by atoms with Crippen molar-refractivity contribution in [3.8, 4) is 0 Å². The zero-order chi connectivity index (χ0) is 8.81. The van der Waals surface area contributed by atoms with Crippen LogP contribution in [0.4, 0.5) is 0 Å². The zero-order valence-electron chi connectivity index (χ0n) is 7.63. The molecule has 0 aromatic rings. The van der Waals surface area contributed by atoms with Gasteiger partial charge < -0.3 is 10.1 Å². The van der Waals surface area contributed by atoms with Gasteiger partial charge in [0.1, 0.15) is 0 Å². The molecule has 0 unspecified atom stereocenters. The minimum absolute atomic E-state index is 0.877. The van der Waals surface area contributed by atoms with Crippen LogP contribution in [0.2, 0.25) is 0 Å². The molecule has 0 spiro atoms. The van der Waals surface area contributed by atoms with Gasteiger partial charge in [0.25, 0.3) is 0 Å². The van der Waals surface area contributed by atoms with Crippen molar-refractivity contribution in [3.05, 3.63) is 35.8 Å². The maximum atomic E-state index is 5.14. The van der Waals surface area contributed by atoms with Crippen molar-refractivity contribution < 1.29 is 4.74 Å². The molecule has 0 saturated heterocycles. The van der Waals surface area contributed by atoms with Gasteiger partial charge in [0.15, 0.2) is 0 Å². The molecule has 1 N–H and O–H groups in total. The van der Waals surface area contributed by atoms with E-state index in [-0.39, 0.29) is 0 Å². The summed E-state index contributed by atoms with van der Waals surface area (Å²) in [4.78, 5) is 0. The Labute approximate surface area is 73.6 Å². The number of hydrogen-bond acceptors (Lipinski definition) is 2. The van der Waals surface area contributed by atoms with Crippen molar-refractivity contribution in [1.29, 1.82) is 0 Å². The van der Waals surface area contributed by atoms with E-state index in [0.29, 0.717) is 0 Å². The van der Waals surface area contributed by atoms with Gasteiger partial charge >= 0.3 is 0 Å². The molecule has 0 saturated carbocycles. The van der Waals surface area contributed by atoms with Gasteiger partial charge in [0, 0.05) is 18.7 Å². The summed E-state index contributed by atoms with van der Waals surface area (Å²) in [6, 6.07) is 0. The molecule has 0 fully saturated rings. The highest BCUT2D eigenvalue weighted by atomic mass is 16.5. The fourth-order valence-electron chi connectivity index (χ4n) is 1.08. The first-order valence-electron chi connectivity index (χ1n) is 4.22. The molecule has 0 amide bonds. The summed E-state index contributed by atoms with van der Waals surface area (Å²) in [5.74, 6) is 0.999. The molecule has 0 aromatic heterocycles. The third-order valence-corrected chi connectivity index (χ3v) is 1.71. The van der Waals surface area contributed by atoms with Crippen molar-refractivity contribution in [2.24, 2.45) is 0 Å². The van der Waals surface area contributed by atoms with Crippen molar-refractivity contribution in [1.82, 2.24) is 5.32 Å². The summed E-state index contributed by atoms with van der Waals surface area (Å²) in [5.41, 5.74) is 1.14. The SMILES string of the molecule is CCNC1=CC=C(OC)CC=C1. The molecule has 0 bridgehead atoms. The van der Waals surface area contributed by atoms with Crippen LogP contribution in [-0.4, -0.2) is 13.7 Å². The largest absolute Gasteiger partial charge is 0.501 e. The van der Waals surface area contributed by atoms with Crippen LogP contribution in [0, 0.1) is 0 Å². The molecule has 1 aliphatic carbocycles. The van der Waals surface area contributed by atoms with Gasteiger partial charge in [-0.3, -0.25) is 0 Å². The van der Waals surface area contributed by atoms with Crippen molar-refractivity contribution in [2.75, 3.05) is 13.7 Å². The molecule has 0 radical (unpaired) electrons. The first-order chi connectivity index (χ1) is 5.86. The highest BCUT2D eigenvalue weighted by Gasteiger charge is 1.96. The first kappa shape index (κ1) is 8.91. The lowest BCUT2D eigenvalue weighted by molar-refractivity contribution is 0.285. The van der Waals surface area contributed by atoms with E-state index < -0.39 is 0 Å². The van der Waals surface area contributed by atoms with Crippen molar-refractivity contribution >= 4 is 0 Å². The lowest BCUT2D eigenvalue weighted by Gasteiger charge is -2.00. The van der Waals surface area contributed by atoms with E-state index in [1.54, 1.807) is 7.11 Å². The van der Waals surface area contributed by atoms with Gasteiger partial charge in [0.2, 0.25) is 0 Å². The predicted octanol–water partition coefficient (Wildman–Crippen LogP) is 1.97. The molecule has 12 heavy (non-hydrogen) atoms. The Morgan fingerprint density at radius 1 is 1.50 bits per heavy atom. The van der Waals surface area contributed by atoms with Gasteiger partial charge in [-0.1, -0.05) is 6.08 Å². The van der Waals surface area contributed by atoms with Gasteiger partial charge in [-0.2, -0.15) is 0 Å². The number of nitrogens with one attached hydrogen (secondary N) is 1. The van der Waals surface area contributed by atoms with Crippen LogP contribution in [-0.2, 0) is 4.74 Å². The second-order valence-corrected chi connectivity index (χ2v) is 2.60. The van der Waals surface area contributed by atoms with Gasteiger partial charge in [-0.25, -0.2) is 0 Å². The lowest BCUT2D eigenvalue weighted by atomic mass is 10.3. The Morgan fingerprint density at radius 2 is 2.33 bits per heavy atom. The normalized spacial score (nSPS) is 16.2. The van der Waals surface area contributed by atoms with Crippen LogP contribution in [0.1, 0.15) is 13.3 Å². The summed E-state index contributed by atoms with van der Waals surface area (Å²) < 4.78 is 5.14. The number of rotatable bonds is 3. The summed E-state index contributed by atoms with van der Waals surface area (Å²) >= 11 is 0. The van der Waals surface area contributed by atoms with Crippen LogP contribution in [0.5, 0.6) is 0 Å². The Hall–Kier alpha value is -1.18. The number of likely N-dealkylation sites (N-methyl/N-ethyl adjacent to an activating group) is 1. The highest BCUT2D eigenvalue weighted by molar-refractivity contribution is 5.27. The molecule has 66 valence electrons. The molecule has 2 nitrogen and oxygen atoms in total. The summed E-state index contributed by atoms with van der Waals surface area (Å²) in [6.07, 6.45) is 9.08. The van der Waals surface area contributed by atoms with Crippen molar-refractivity contribution in [2.45, 2.75) is 13.3 Å². The molecule has 0 heterocycles. The van der Waals surface area contributed by atoms with E-state index in [4.69, 9.17) is 4.74 Å². The molecular weight excluding hydrogens is 150 g/mol. The number of hydrogen-bond donors (Lipinski definition) is 1. The van der Waals surface area contributed by atoms with Crippen LogP contribution in [0.3, 0.4) is 0 Å². The quantitative estimate of drug-likeness (QED) is 0.690. The first-order valence-corrected chi connectivity index (χ1v) is 4.22. The maximum absolute atomic E-state index is 5.14. The summed E-state index contributed by atoms with van der Waals surface area (Å²) in [7, 11) is 1.70. The van der Waals surface area contributed by atoms with Crippen LogP contribution < -0.4 is 5.32 Å². The van der Waals surface area contributed by atoms with E-state index in [0.717, 1.165) is 24.4 Å². The van der Waals surface area contributed by atoms with Crippen LogP contribution in [0.25, 0.3) is 0 Å². The van der Waals surface area contributed by atoms with E-state index in [1.165, 1.54) is 0 Å². The average Bonchev–Trinajstić information content (AvgIpc) is 2.31. The van der Waals surface area contributed by atoms with Crippen LogP contribution >= 0.6 is 0 Å². The smallest absolute Gasteiger partial charge is 0.0993 e. The second-order valence-electron chi connectivity index (χ2n) is 2.60. The van der Waals surface area contributed by atoms with Gasteiger partial charge in [-0.15, -0.1) is 0 Å². The molecule has 0 aromatic carbocycles. The molecule has 1 aliphatic rings. The molecule has 0 atom stereocenters. The summed E-state index contributed by atoms with van der Waals surface area (Å²) in [6.45, 7) is 3.03. The Kier molecular flexibility index (Phi) is 3.45. The van der Waals surface area contributed by atoms with E-state index in [9.17, 15) is 0 Å². The predicted molar refractivity (Wildman–Crippen MR) is 50.6 cm³/mol. The van der Waals surface area contributed by atoms with E-state index in [1.807, 2.05) is 12.2 Å². The number of ether oxygens (including phenoxy) is 1. The van der Waals surface area contributed by atoms with Gasteiger partial charge in [0.05, 0.1) is 12.9 Å². The van der Waals surface area contributed by atoms with Crippen LogP contribution in [0.15, 0.2) is 35.8 Å². The van der Waals surface area contributed by atoms with Gasteiger partial charge in [-0.05, 0) is 25.2 Å². The fourth-order valence-corrected chi connectivity index (χ4v) is 1.08. The number of methoxy groups -OCH3 is 1. The topological polar surface area (TPSA) is 21.3 Å². The zero-order valence-corrected chi connectivity index (χ0v) is 7.63. The maximum Gasteiger partial charge on any atom is 0.0993 e. The Morgan fingerprint density at radius 3 is 3.00 bits per heavy atom. The molecule has 1 rings (SSSR count). The third-order valence-electron chi connectivity index (χ3n) is 1.71. The Balaban J connectivity index is 2.64. The second kappa shape index (κ2) is 4.65. The standard InChI is InChI=1S/C10H15NO/c1-3-11-9-5-4-6-10(12-2)8-7-9/h4-5,7-8,11H,3,6H2,1-2H3. The minimum Gasteiger partial charge on any atom is -0.501 e. The Bertz CT molecular complexity index is 226. The van der Waals surface area contributed by atoms with E-state index in [2.05, 4.69) is 24.4 Å².